The smallest absolute Gasteiger partial charge is 0.241 e. The summed E-state index contributed by atoms with van der Waals surface area (Å²) < 4.78 is 13.2. The molecule has 0 spiro atoms. The van der Waals surface area contributed by atoms with Gasteiger partial charge in [0.1, 0.15) is 11.6 Å². The molecule has 1 saturated heterocycles. The summed E-state index contributed by atoms with van der Waals surface area (Å²) in [5.41, 5.74) is 3.85. The van der Waals surface area contributed by atoms with E-state index in [1.54, 1.807) is 30.3 Å². The minimum absolute atomic E-state index is 0.0266. The van der Waals surface area contributed by atoms with Gasteiger partial charge in [-0.05, 0) is 31.0 Å². The number of benzene rings is 1. The molecule has 1 aromatic carbocycles. The largest absolute Gasteiger partial charge is 0.376 e. The second-order valence-corrected chi connectivity index (χ2v) is 6.47. The third-order valence-electron chi connectivity index (χ3n) is 4.55. The number of amidine groups is 1. The Morgan fingerprint density at radius 2 is 2.33 bits per heavy atom. The number of nitrogens with zero attached hydrogens (tertiary/aromatic N) is 2. The summed E-state index contributed by atoms with van der Waals surface area (Å²) >= 11 is 0. The van der Waals surface area contributed by atoms with E-state index in [0.717, 1.165) is 12.8 Å². The van der Waals surface area contributed by atoms with Gasteiger partial charge in [-0.15, -0.1) is 0 Å². The Balaban J connectivity index is 1.56. The van der Waals surface area contributed by atoms with Crippen molar-refractivity contribution in [3.05, 3.63) is 41.5 Å². The fourth-order valence-corrected chi connectivity index (χ4v) is 3.17. The number of hydrogen-bond acceptors (Lipinski definition) is 6. The lowest BCUT2D eigenvalue weighted by atomic mass is 10.1. The summed E-state index contributed by atoms with van der Waals surface area (Å²) in [6, 6.07) is 6.15. The minimum Gasteiger partial charge on any atom is -0.376 e. The molecular formula is C18H24FN7O. The lowest BCUT2D eigenvalue weighted by molar-refractivity contribution is -0.130. The number of piperidine rings is 1. The molecule has 8 nitrogen and oxygen atoms in total. The maximum Gasteiger partial charge on any atom is 0.241 e. The molecule has 144 valence electrons. The predicted octanol–water partition coefficient (Wildman–Crippen LogP) is 0.815. The molecule has 2 aliphatic heterocycles. The van der Waals surface area contributed by atoms with E-state index in [9.17, 15) is 9.18 Å². The highest BCUT2D eigenvalue weighted by Crippen LogP contribution is 2.14. The van der Waals surface area contributed by atoms with Crippen LogP contribution in [0.4, 0.5) is 10.1 Å². The molecule has 1 atom stereocenters. The van der Waals surface area contributed by atoms with E-state index in [-0.39, 0.29) is 30.1 Å². The molecule has 1 aromatic rings. The topological polar surface area (TPSA) is 105 Å². The number of likely N-dealkylation sites (tertiary alicyclic amines) is 1. The van der Waals surface area contributed by atoms with Crippen LogP contribution < -0.4 is 21.4 Å². The van der Waals surface area contributed by atoms with Crippen molar-refractivity contribution in [2.24, 2.45) is 5.10 Å². The number of halogens is 1. The summed E-state index contributed by atoms with van der Waals surface area (Å²) in [4.78, 5) is 14.3. The standard InChI is InChI=1S/C18H24FN7O/c1-21-18(15-9-23-25-17(15)20)24-14-6-3-7-26(11-14)16(27)10-22-13-5-2-4-12(19)8-13/h2,4-5,8-9,14,21-22,24H,3,6-7,10-11H2,1H3,(H2,20,25)/b18-15+/t14-/m0/s1. The number of carbonyl (C=O) groups excluding carboxylic acids is 1. The molecule has 0 unspecified atom stereocenters. The minimum atomic E-state index is -0.335. The zero-order valence-corrected chi connectivity index (χ0v) is 15.2. The number of hydrazone groups is 1. The maximum absolute atomic E-state index is 13.2. The molecule has 1 fully saturated rings. The molecule has 0 aromatic heterocycles. The predicted molar refractivity (Wildman–Crippen MR) is 103 cm³/mol. The first-order valence-electron chi connectivity index (χ1n) is 8.90. The van der Waals surface area contributed by atoms with E-state index in [1.807, 2.05) is 0 Å². The van der Waals surface area contributed by atoms with Crippen molar-refractivity contribution >= 4 is 23.6 Å². The van der Waals surface area contributed by atoms with Gasteiger partial charge in [-0.2, -0.15) is 5.10 Å². The van der Waals surface area contributed by atoms with Crippen LogP contribution in [0.15, 0.2) is 40.8 Å². The summed E-state index contributed by atoms with van der Waals surface area (Å²) in [6.07, 6.45) is 3.41. The van der Waals surface area contributed by atoms with Crippen molar-refractivity contribution in [3.63, 3.8) is 0 Å². The quantitative estimate of drug-likeness (QED) is 0.508. The molecule has 2 aliphatic rings. The summed E-state index contributed by atoms with van der Waals surface area (Å²) in [5, 5.41) is 21.1. The number of carbonyl (C=O) groups is 1. The van der Waals surface area contributed by atoms with Crippen LogP contribution >= 0.6 is 0 Å². The van der Waals surface area contributed by atoms with Crippen LogP contribution in [0.2, 0.25) is 0 Å². The first kappa shape index (κ1) is 18.7. The molecule has 0 saturated carbocycles. The maximum atomic E-state index is 13.2. The molecule has 9 heteroatoms. The molecule has 0 radical (unpaired) electrons. The van der Waals surface area contributed by atoms with Gasteiger partial charge >= 0.3 is 0 Å². The highest BCUT2D eigenvalue weighted by molar-refractivity contribution is 6.17. The van der Waals surface area contributed by atoms with Gasteiger partial charge in [0.2, 0.25) is 5.91 Å². The Bertz CT molecular complexity index is 777. The zero-order chi connectivity index (χ0) is 19.2. The van der Waals surface area contributed by atoms with Gasteiger partial charge in [0.25, 0.3) is 0 Å². The average Bonchev–Trinajstić information content (AvgIpc) is 3.10. The van der Waals surface area contributed by atoms with Crippen LogP contribution in [0.1, 0.15) is 12.8 Å². The van der Waals surface area contributed by atoms with Crippen LogP contribution in [-0.2, 0) is 4.79 Å². The number of rotatable bonds is 6. The molecule has 3 rings (SSSR count). The fraction of sp³-hybridized carbons (Fsp3) is 0.389. The van der Waals surface area contributed by atoms with Crippen LogP contribution in [0.25, 0.3) is 0 Å². The first-order chi connectivity index (χ1) is 13.1. The SMILES string of the molecule is CN/C(N[C@H]1CCCN(C(=O)CNc2cccc(F)c2)C1)=C1/C=NNC1=N. The van der Waals surface area contributed by atoms with Crippen LogP contribution in [0.5, 0.6) is 0 Å². The third-order valence-corrected chi connectivity index (χ3v) is 4.55. The number of hydrogen-bond donors (Lipinski definition) is 5. The molecule has 2 heterocycles. The lowest BCUT2D eigenvalue weighted by Crippen LogP contribution is -2.50. The molecule has 1 amide bonds. The summed E-state index contributed by atoms with van der Waals surface area (Å²) in [5.74, 6) is 0.583. The number of anilines is 1. The number of amides is 1. The molecule has 5 N–H and O–H groups in total. The van der Waals surface area contributed by atoms with Gasteiger partial charge in [0.15, 0.2) is 5.84 Å². The van der Waals surface area contributed by atoms with Gasteiger partial charge in [0.05, 0.1) is 18.3 Å². The fourth-order valence-electron chi connectivity index (χ4n) is 3.17. The van der Waals surface area contributed by atoms with E-state index in [0.29, 0.717) is 30.2 Å². The highest BCUT2D eigenvalue weighted by atomic mass is 19.1. The second kappa shape index (κ2) is 8.52. The van der Waals surface area contributed by atoms with E-state index in [2.05, 4.69) is 26.5 Å². The Labute approximate surface area is 157 Å². The van der Waals surface area contributed by atoms with Gasteiger partial charge in [0, 0.05) is 31.9 Å². The van der Waals surface area contributed by atoms with Gasteiger partial charge < -0.3 is 20.9 Å². The van der Waals surface area contributed by atoms with Crippen molar-refractivity contribution < 1.29 is 9.18 Å². The molecule has 0 aliphatic carbocycles. The van der Waals surface area contributed by atoms with Crippen molar-refractivity contribution in [1.82, 2.24) is 21.0 Å². The summed E-state index contributed by atoms with van der Waals surface area (Å²) in [6.45, 7) is 1.39. The van der Waals surface area contributed by atoms with Crippen LogP contribution in [0, 0.1) is 11.2 Å². The third kappa shape index (κ3) is 4.75. The van der Waals surface area contributed by atoms with Gasteiger partial charge in [-0.1, -0.05) is 6.07 Å². The Morgan fingerprint density at radius 3 is 3.04 bits per heavy atom. The normalized spacial score (nSPS) is 20.9. The van der Waals surface area contributed by atoms with Crippen molar-refractivity contribution in [1.29, 1.82) is 5.41 Å². The Morgan fingerprint density at radius 1 is 1.48 bits per heavy atom. The average molecular weight is 373 g/mol. The Hall–Kier alpha value is -3.10. The number of nitrogens with one attached hydrogen (secondary N) is 5. The van der Waals surface area contributed by atoms with Crippen molar-refractivity contribution in [3.8, 4) is 0 Å². The molecule has 0 bridgehead atoms. The van der Waals surface area contributed by atoms with Crippen LogP contribution in [0.3, 0.4) is 0 Å². The highest BCUT2D eigenvalue weighted by Gasteiger charge is 2.25. The first-order valence-corrected chi connectivity index (χ1v) is 8.90. The van der Waals surface area contributed by atoms with Crippen LogP contribution in [-0.4, -0.2) is 55.6 Å². The van der Waals surface area contributed by atoms with Gasteiger partial charge in [-0.3, -0.25) is 15.6 Å². The van der Waals surface area contributed by atoms with E-state index in [4.69, 9.17) is 5.41 Å². The van der Waals surface area contributed by atoms with Crippen molar-refractivity contribution in [2.45, 2.75) is 18.9 Å². The molecule has 27 heavy (non-hydrogen) atoms. The van der Waals surface area contributed by atoms with E-state index in [1.165, 1.54) is 12.1 Å². The zero-order valence-electron chi connectivity index (χ0n) is 15.2. The van der Waals surface area contributed by atoms with E-state index < -0.39 is 0 Å². The second-order valence-electron chi connectivity index (χ2n) is 6.47. The van der Waals surface area contributed by atoms with Gasteiger partial charge in [-0.25, -0.2) is 4.39 Å². The summed E-state index contributed by atoms with van der Waals surface area (Å²) in [7, 11) is 1.78. The molecular weight excluding hydrogens is 349 g/mol. The monoisotopic (exact) mass is 373 g/mol. The lowest BCUT2D eigenvalue weighted by Gasteiger charge is -2.34. The van der Waals surface area contributed by atoms with E-state index >= 15 is 0 Å². The Kier molecular flexibility index (Phi) is 5.90. The van der Waals surface area contributed by atoms with Crippen molar-refractivity contribution in [2.75, 3.05) is 32.0 Å².